The van der Waals surface area contributed by atoms with Crippen LogP contribution in [0.3, 0.4) is 0 Å². The van der Waals surface area contributed by atoms with Crippen LogP contribution in [-0.4, -0.2) is 5.11 Å². The van der Waals surface area contributed by atoms with E-state index in [1.807, 2.05) is 0 Å². The predicted octanol–water partition coefficient (Wildman–Crippen LogP) is 3.52. The second-order valence-corrected chi connectivity index (χ2v) is 4.56. The number of halogens is 2. The molecule has 0 saturated carbocycles. The zero-order valence-electron chi connectivity index (χ0n) is 10.0. The highest BCUT2D eigenvalue weighted by atomic mass is 19.1. The van der Waals surface area contributed by atoms with Crippen molar-refractivity contribution in [3.63, 3.8) is 0 Å². The second kappa shape index (κ2) is 4.63. The van der Waals surface area contributed by atoms with Gasteiger partial charge in [-0.15, -0.1) is 0 Å². The molecule has 2 aromatic rings. The van der Waals surface area contributed by atoms with Crippen molar-refractivity contribution >= 4 is 0 Å². The van der Waals surface area contributed by atoms with Gasteiger partial charge in [0.2, 0.25) is 0 Å². The van der Waals surface area contributed by atoms with E-state index in [1.165, 1.54) is 0 Å². The zero-order valence-corrected chi connectivity index (χ0v) is 10.0. The maximum Gasteiger partial charge on any atom is 0.130 e. The molecule has 0 aromatic heterocycles. The number of aliphatic hydroxyl groups is 1. The van der Waals surface area contributed by atoms with Gasteiger partial charge in [-0.3, -0.25) is 0 Å². The Hall–Kier alpha value is -1.94. The van der Waals surface area contributed by atoms with Crippen LogP contribution < -0.4 is 4.74 Å². The third-order valence-corrected chi connectivity index (χ3v) is 3.29. The number of para-hydroxylation sites is 1. The number of aliphatic hydroxyl groups excluding tert-OH is 1. The quantitative estimate of drug-likeness (QED) is 0.852. The standard InChI is InChI=1S/C15H12F2O2/c16-9-5-6-12(17)11(7-9)15-8-13(18)10-3-1-2-4-14(10)19-15/h1-7,13,15,18H,8H2. The number of rotatable bonds is 1. The Balaban J connectivity index is 1.99. The van der Waals surface area contributed by atoms with Crippen LogP contribution in [0.1, 0.15) is 29.8 Å². The van der Waals surface area contributed by atoms with Crippen molar-refractivity contribution in [3.8, 4) is 5.75 Å². The molecule has 2 nitrogen and oxygen atoms in total. The maximum atomic E-state index is 13.7. The molecule has 2 unspecified atom stereocenters. The number of hydrogen-bond acceptors (Lipinski definition) is 2. The van der Waals surface area contributed by atoms with E-state index in [2.05, 4.69) is 0 Å². The van der Waals surface area contributed by atoms with Crippen molar-refractivity contribution in [3.05, 3.63) is 65.2 Å². The topological polar surface area (TPSA) is 29.5 Å². The summed E-state index contributed by atoms with van der Waals surface area (Å²) in [7, 11) is 0. The molecule has 1 heterocycles. The van der Waals surface area contributed by atoms with Gasteiger partial charge in [0.1, 0.15) is 23.5 Å². The van der Waals surface area contributed by atoms with Crippen molar-refractivity contribution in [2.24, 2.45) is 0 Å². The summed E-state index contributed by atoms with van der Waals surface area (Å²) in [4.78, 5) is 0. The van der Waals surface area contributed by atoms with Gasteiger partial charge in [-0.2, -0.15) is 0 Å². The third kappa shape index (κ3) is 2.19. The van der Waals surface area contributed by atoms with E-state index >= 15 is 0 Å². The molecule has 4 heteroatoms. The Kier molecular flexibility index (Phi) is 2.95. The fraction of sp³-hybridized carbons (Fsp3) is 0.200. The van der Waals surface area contributed by atoms with Crippen molar-refractivity contribution in [2.75, 3.05) is 0 Å². The van der Waals surface area contributed by atoms with Crippen LogP contribution in [0.4, 0.5) is 8.78 Å². The molecular weight excluding hydrogens is 250 g/mol. The summed E-state index contributed by atoms with van der Waals surface area (Å²) in [5.41, 5.74) is 0.809. The minimum Gasteiger partial charge on any atom is -0.485 e. The monoisotopic (exact) mass is 262 g/mol. The number of ether oxygens (including phenoxy) is 1. The molecule has 19 heavy (non-hydrogen) atoms. The van der Waals surface area contributed by atoms with E-state index in [4.69, 9.17) is 4.74 Å². The summed E-state index contributed by atoms with van der Waals surface area (Å²) in [6, 6.07) is 10.3. The highest BCUT2D eigenvalue weighted by Crippen LogP contribution is 2.41. The first-order valence-corrected chi connectivity index (χ1v) is 6.04. The van der Waals surface area contributed by atoms with Crippen LogP contribution in [0.2, 0.25) is 0 Å². The molecule has 2 atom stereocenters. The first-order valence-electron chi connectivity index (χ1n) is 6.04. The Morgan fingerprint density at radius 2 is 1.84 bits per heavy atom. The van der Waals surface area contributed by atoms with Gasteiger partial charge in [0, 0.05) is 17.5 Å². The summed E-state index contributed by atoms with van der Waals surface area (Å²) in [6.45, 7) is 0. The van der Waals surface area contributed by atoms with Crippen LogP contribution in [0.25, 0.3) is 0 Å². The van der Waals surface area contributed by atoms with Crippen LogP contribution in [-0.2, 0) is 0 Å². The number of hydrogen-bond donors (Lipinski definition) is 1. The first kappa shape index (κ1) is 12.1. The largest absolute Gasteiger partial charge is 0.485 e. The molecule has 3 rings (SSSR count). The summed E-state index contributed by atoms with van der Waals surface area (Å²) in [6.07, 6.45) is -1.21. The van der Waals surface area contributed by atoms with Gasteiger partial charge in [0.25, 0.3) is 0 Å². The molecule has 1 N–H and O–H groups in total. The third-order valence-electron chi connectivity index (χ3n) is 3.29. The Morgan fingerprint density at radius 1 is 1.05 bits per heavy atom. The molecule has 1 aliphatic rings. The first-order chi connectivity index (χ1) is 9.15. The summed E-state index contributed by atoms with van der Waals surface area (Å²) < 4.78 is 32.6. The molecular formula is C15H12F2O2. The average Bonchev–Trinajstić information content (AvgIpc) is 2.41. The van der Waals surface area contributed by atoms with Crippen LogP contribution in [0.5, 0.6) is 5.75 Å². The zero-order chi connectivity index (χ0) is 13.4. The van der Waals surface area contributed by atoms with E-state index in [9.17, 15) is 13.9 Å². The van der Waals surface area contributed by atoms with Gasteiger partial charge in [0.15, 0.2) is 0 Å². The second-order valence-electron chi connectivity index (χ2n) is 4.56. The number of fused-ring (bicyclic) bond motifs is 1. The van der Waals surface area contributed by atoms with E-state index in [0.717, 1.165) is 18.2 Å². The molecule has 0 radical (unpaired) electrons. The van der Waals surface area contributed by atoms with Gasteiger partial charge in [0.05, 0.1) is 6.10 Å². The van der Waals surface area contributed by atoms with Crippen molar-refractivity contribution in [2.45, 2.75) is 18.6 Å². The van der Waals surface area contributed by atoms with Crippen LogP contribution in [0.15, 0.2) is 42.5 Å². The SMILES string of the molecule is OC1CC(c2cc(F)ccc2F)Oc2ccccc21. The molecule has 0 saturated heterocycles. The summed E-state index contributed by atoms with van der Waals surface area (Å²) in [5.74, 6) is -0.541. The van der Waals surface area contributed by atoms with E-state index in [-0.39, 0.29) is 12.0 Å². The summed E-state index contributed by atoms with van der Waals surface area (Å²) >= 11 is 0. The minimum absolute atomic E-state index is 0.133. The number of benzene rings is 2. The van der Waals surface area contributed by atoms with E-state index in [1.54, 1.807) is 24.3 Å². The fourth-order valence-corrected chi connectivity index (χ4v) is 2.35. The molecule has 0 spiro atoms. The molecule has 0 aliphatic carbocycles. The van der Waals surface area contributed by atoms with Crippen LogP contribution >= 0.6 is 0 Å². The smallest absolute Gasteiger partial charge is 0.130 e. The molecule has 2 aromatic carbocycles. The van der Waals surface area contributed by atoms with Crippen molar-refractivity contribution < 1.29 is 18.6 Å². The highest BCUT2D eigenvalue weighted by Gasteiger charge is 2.29. The minimum atomic E-state index is -0.738. The van der Waals surface area contributed by atoms with Gasteiger partial charge in [-0.05, 0) is 24.3 Å². The van der Waals surface area contributed by atoms with E-state index in [0.29, 0.717) is 11.3 Å². The molecule has 98 valence electrons. The lowest BCUT2D eigenvalue weighted by atomic mass is 9.95. The lowest BCUT2D eigenvalue weighted by Gasteiger charge is -2.30. The Morgan fingerprint density at radius 3 is 2.68 bits per heavy atom. The Labute approximate surface area is 109 Å². The van der Waals surface area contributed by atoms with Gasteiger partial charge in [-0.25, -0.2) is 8.78 Å². The Bertz CT molecular complexity index is 613. The molecule has 1 aliphatic heterocycles. The fourth-order valence-electron chi connectivity index (χ4n) is 2.35. The van der Waals surface area contributed by atoms with Gasteiger partial charge in [-0.1, -0.05) is 18.2 Å². The lowest BCUT2D eigenvalue weighted by Crippen LogP contribution is -2.20. The molecule has 0 fully saturated rings. The maximum absolute atomic E-state index is 13.7. The average molecular weight is 262 g/mol. The van der Waals surface area contributed by atoms with Crippen LogP contribution in [0, 0.1) is 11.6 Å². The highest BCUT2D eigenvalue weighted by molar-refractivity contribution is 5.38. The summed E-state index contributed by atoms with van der Waals surface area (Å²) in [5, 5.41) is 10.1. The predicted molar refractivity (Wildman–Crippen MR) is 65.7 cm³/mol. The van der Waals surface area contributed by atoms with Crippen molar-refractivity contribution in [1.82, 2.24) is 0 Å². The normalized spacial score (nSPS) is 21.6. The molecule has 0 amide bonds. The van der Waals surface area contributed by atoms with Gasteiger partial charge >= 0.3 is 0 Å². The van der Waals surface area contributed by atoms with Crippen molar-refractivity contribution in [1.29, 1.82) is 0 Å². The van der Waals surface area contributed by atoms with Gasteiger partial charge < -0.3 is 9.84 Å². The molecule has 0 bridgehead atoms. The lowest BCUT2D eigenvalue weighted by molar-refractivity contribution is 0.0638. The van der Waals surface area contributed by atoms with E-state index < -0.39 is 23.8 Å².